The molecule has 0 aliphatic rings. The number of imide groups is 1. The van der Waals surface area contributed by atoms with E-state index in [1.54, 1.807) is 18.2 Å². The van der Waals surface area contributed by atoms with Gasteiger partial charge >= 0.3 is 18.4 Å². The number of rotatable bonds is 8. The van der Waals surface area contributed by atoms with Crippen molar-refractivity contribution in [2.45, 2.75) is 31.9 Å². The number of hydrogen-bond donors (Lipinski definition) is 3. The fraction of sp³-hybridized carbons (Fsp3) is 0.429. The first-order valence-corrected chi connectivity index (χ1v) is 6.81. The van der Waals surface area contributed by atoms with Crippen LogP contribution in [0, 0.1) is 0 Å². The summed E-state index contributed by atoms with van der Waals surface area (Å²) < 4.78 is 54.1. The standard InChI is InChI=1S/C14H17F4N3O3/c1-8(11(22)21-13(19)23)20-10-4-2-3-9(5-10)6-24-7-14(17,18)12(15)16/h2-5,8,12,20H,6-7H2,1H3,(H3,19,21,22,23)/t8-/m1/s1. The second-order valence-electron chi connectivity index (χ2n) is 4.97. The van der Waals surface area contributed by atoms with Crippen molar-refractivity contribution >= 4 is 17.6 Å². The quantitative estimate of drug-likeness (QED) is 0.625. The fourth-order valence-corrected chi connectivity index (χ4v) is 1.66. The summed E-state index contributed by atoms with van der Waals surface area (Å²) in [5.41, 5.74) is 5.72. The van der Waals surface area contributed by atoms with E-state index < -0.39 is 36.9 Å². The molecular weight excluding hydrogens is 334 g/mol. The van der Waals surface area contributed by atoms with Crippen LogP contribution in [0.4, 0.5) is 28.0 Å². The molecule has 0 unspecified atom stereocenters. The van der Waals surface area contributed by atoms with E-state index in [1.807, 2.05) is 5.32 Å². The average molecular weight is 351 g/mol. The number of amides is 3. The lowest BCUT2D eigenvalue weighted by molar-refractivity contribution is -0.168. The Morgan fingerprint density at radius 3 is 2.58 bits per heavy atom. The van der Waals surface area contributed by atoms with Gasteiger partial charge in [-0.15, -0.1) is 0 Å². The van der Waals surface area contributed by atoms with Gasteiger partial charge in [-0.05, 0) is 24.6 Å². The number of alkyl halides is 4. The number of nitrogens with two attached hydrogens (primary N) is 1. The molecular formula is C14H17F4N3O3. The highest BCUT2D eigenvalue weighted by molar-refractivity contribution is 5.97. The van der Waals surface area contributed by atoms with Crippen LogP contribution in [-0.4, -0.2) is 36.9 Å². The molecule has 134 valence electrons. The molecule has 0 aliphatic heterocycles. The van der Waals surface area contributed by atoms with E-state index in [0.717, 1.165) is 0 Å². The van der Waals surface area contributed by atoms with Gasteiger partial charge in [0.2, 0.25) is 5.91 Å². The monoisotopic (exact) mass is 351 g/mol. The van der Waals surface area contributed by atoms with Gasteiger partial charge in [0, 0.05) is 5.69 Å². The van der Waals surface area contributed by atoms with E-state index >= 15 is 0 Å². The summed E-state index contributed by atoms with van der Waals surface area (Å²) in [6, 6.07) is 4.40. The Balaban J connectivity index is 2.58. The first-order valence-electron chi connectivity index (χ1n) is 6.81. The van der Waals surface area contributed by atoms with Crippen molar-refractivity contribution in [2.75, 3.05) is 11.9 Å². The molecule has 6 nitrogen and oxygen atoms in total. The molecule has 0 saturated carbocycles. The molecule has 4 N–H and O–H groups in total. The van der Waals surface area contributed by atoms with Gasteiger partial charge in [-0.2, -0.15) is 8.78 Å². The lowest BCUT2D eigenvalue weighted by Crippen LogP contribution is -2.43. The maximum Gasteiger partial charge on any atom is 0.330 e. The number of hydrogen-bond acceptors (Lipinski definition) is 4. The minimum absolute atomic E-state index is 0.306. The van der Waals surface area contributed by atoms with Gasteiger partial charge in [-0.1, -0.05) is 12.1 Å². The van der Waals surface area contributed by atoms with Crippen molar-refractivity contribution in [1.29, 1.82) is 0 Å². The van der Waals surface area contributed by atoms with E-state index in [0.29, 0.717) is 11.3 Å². The lowest BCUT2D eigenvalue weighted by atomic mass is 10.2. The van der Waals surface area contributed by atoms with Crippen LogP contribution in [0.15, 0.2) is 24.3 Å². The van der Waals surface area contributed by atoms with Crippen molar-refractivity contribution in [3.63, 3.8) is 0 Å². The average Bonchev–Trinajstić information content (AvgIpc) is 2.46. The van der Waals surface area contributed by atoms with Crippen molar-refractivity contribution in [2.24, 2.45) is 5.73 Å². The Kier molecular flexibility index (Phi) is 6.96. The first kappa shape index (κ1) is 19.7. The van der Waals surface area contributed by atoms with Crippen LogP contribution in [0.25, 0.3) is 0 Å². The zero-order valence-corrected chi connectivity index (χ0v) is 12.7. The van der Waals surface area contributed by atoms with Crippen molar-refractivity contribution in [3.05, 3.63) is 29.8 Å². The molecule has 0 aliphatic carbocycles. The SMILES string of the molecule is C[C@@H](Nc1cccc(COCC(F)(F)C(F)F)c1)C(=O)NC(N)=O. The smallest absolute Gasteiger partial charge is 0.330 e. The Morgan fingerprint density at radius 2 is 2.00 bits per heavy atom. The van der Waals surface area contributed by atoms with E-state index in [2.05, 4.69) is 10.1 Å². The van der Waals surface area contributed by atoms with E-state index in [-0.39, 0.29) is 6.61 Å². The Hall–Kier alpha value is -2.36. The normalized spacial score (nSPS) is 12.8. The molecule has 0 aromatic heterocycles. The topological polar surface area (TPSA) is 93.4 Å². The van der Waals surface area contributed by atoms with Crippen LogP contribution in [0.1, 0.15) is 12.5 Å². The van der Waals surface area contributed by atoms with Crippen molar-refractivity contribution in [1.82, 2.24) is 5.32 Å². The van der Waals surface area contributed by atoms with E-state index in [9.17, 15) is 27.2 Å². The highest BCUT2D eigenvalue weighted by atomic mass is 19.3. The zero-order valence-electron chi connectivity index (χ0n) is 12.7. The molecule has 24 heavy (non-hydrogen) atoms. The molecule has 0 radical (unpaired) electrons. The highest BCUT2D eigenvalue weighted by Gasteiger charge is 2.40. The maximum atomic E-state index is 12.7. The molecule has 1 atom stereocenters. The summed E-state index contributed by atoms with van der Waals surface area (Å²) in [6.45, 7) is -0.232. The van der Waals surface area contributed by atoms with Gasteiger partial charge in [0.15, 0.2) is 0 Å². The predicted octanol–water partition coefficient (Wildman–Crippen LogP) is 2.10. The summed E-state index contributed by atoms with van der Waals surface area (Å²) >= 11 is 0. The van der Waals surface area contributed by atoms with Crippen LogP contribution < -0.4 is 16.4 Å². The van der Waals surface area contributed by atoms with E-state index in [4.69, 9.17) is 5.73 Å². The Bertz CT molecular complexity index is 584. The number of urea groups is 1. The minimum Gasteiger partial charge on any atom is -0.374 e. The predicted molar refractivity (Wildman–Crippen MR) is 77.9 cm³/mol. The number of benzene rings is 1. The maximum absolute atomic E-state index is 12.7. The molecule has 0 spiro atoms. The summed E-state index contributed by atoms with van der Waals surface area (Å²) in [4.78, 5) is 22.1. The fourth-order valence-electron chi connectivity index (χ4n) is 1.66. The number of halogens is 4. The summed E-state index contributed by atoms with van der Waals surface area (Å²) in [5, 5.41) is 4.67. The third-order valence-corrected chi connectivity index (χ3v) is 2.83. The number of nitrogens with one attached hydrogen (secondary N) is 2. The summed E-state index contributed by atoms with van der Waals surface area (Å²) in [6.07, 6.45) is -3.80. The van der Waals surface area contributed by atoms with E-state index in [1.165, 1.54) is 13.0 Å². The van der Waals surface area contributed by atoms with Gasteiger partial charge in [-0.3, -0.25) is 10.1 Å². The number of anilines is 1. The van der Waals surface area contributed by atoms with Gasteiger partial charge in [0.1, 0.15) is 12.6 Å². The molecule has 1 aromatic carbocycles. The summed E-state index contributed by atoms with van der Waals surface area (Å²) in [5.74, 6) is -4.86. The molecule has 10 heteroatoms. The second-order valence-corrected chi connectivity index (χ2v) is 4.97. The largest absolute Gasteiger partial charge is 0.374 e. The third-order valence-electron chi connectivity index (χ3n) is 2.83. The van der Waals surface area contributed by atoms with Gasteiger partial charge < -0.3 is 15.8 Å². The lowest BCUT2D eigenvalue weighted by Gasteiger charge is -2.16. The van der Waals surface area contributed by atoms with Crippen LogP contribution in [0.3, 0.4) is 0 Å². The van der Waals surface area contributed by atoms with Crippen LogP contribution in [-0.2, 0) is 16.1 Å². The van der Waals surface area contributed by atoms with Crippen LogP contribution in [0.5, 0.6) is 0 Å². The van der Waals surface area contributed by atoms with Gasteiger partial charge in [0.05, 0.1) is 6.61 Å². The molecule has 3 amide bonds. The molecule has 1 aromatic rings. The van der Waals surface area contributed by atoms with Crippen molar-refractivity contribution in [3.8, 4) is 0 Å². The van der Waals surface area contributed by atoms with Crippen LogP contribution in [0.2, 0.25) is 0 Å². The number of ether oxygens (including phenoxy) is 1. The molecule has 0 fully saturated rings. The highest BCUT2D eigenvalue weighted by Crippen LogP contribution is 2.23. The second kappa shape index (κ2) is 8.48. The van der Waals surface area contributed by atoms with Gasteiger partial charge in [0.25, 0.3) is 0 Å². The minimum atomic E-state index is -4.21. The first-order chi connectivity index (χ1) is 11.1. The summed E-state index contributed by atoms with van der Waals surface area (Å²) in [7, 11) is 0. The molecule has 0 saturated heterocycles. The number of primary amides is 1. The third kappa shape index (κ3) is 6.41. The molecule has 0 bridgehead atoms. The zero-order chi connectivity index (χ0) is 18.3. The molecule has 1 rings (SSSR count). The van der Waals surface area contributed by atoms with Gasteiger partial charge in [-0.25, -0.2) is 13.6 Å². The van der Waals surface area contributed by atoms with Crippen LogP contribution >= 0.6 is 0 Å². The Labute approximate surface area is 135 Å². The number of carbonyl (C=O) groups is 2. The Morgan fingerprint density at radius 1 is 1.33 bits per heavy atom. The van der Waals surface area contributed by atoms with Crippen molar-refractivity contribution < 1.29 is 31.9 Å². The number of carbonyl (C=O) groups excluding carboxylic acids is 2. The molecule has 0 heterocycles.